The van der Waals surface area contributed by atoms with Crippen molar-refractivity contribution in [1.82, 2.24) is 4.90 Å². The van der Waals surface area contributed by atoms with E-state index >= 15 is 0 Å². The third-order valence-electron chi connectivity index (χ3n) is 2.51. The van der Waals surface area contributed by atoms with Crippen molar-refractivity contribution in [1.29, 1.82) is 0 Å². The van der Waals surface area contributed by atoms with Crippen molar-refractivity contribution in [2.75, 3.05) is 0 Å². The predicted octanol–water partition coefficient (Wildman–Crippen LogP) is 4.09. The smallest absolute Gasteiger partial charge is 0.407 e. The van der Waals surface area contributed by atoms with Gasteiger partial charge in [-0.25, -0.2) is 4.79 Å². The van der Waals surface area contributed by atoms with Crippen LogP contribution in [-0.2, 0) is 0 Å². The molecule has 1 N–H and O–H groups in total. The largest absolute Gasteiger partial charge is 0.465 e. The second kappa shape index (κ2) is 7.75. The van der Waals surface area contributed by atoms with Crippen molar-refractivity contribution in [2.45, 2.75) is 53.6 Å². The van der Waals surface area contributed by atoms with E-state index in [-0.39, 0.29) is 12.1 Å². The fourth-order valence-corrected chi connectivity index (χ4v) is 1.85. The van der Waals surface area contributed by atoms with Crippen molar-refractivity contribution >= 4 is 6.09 Å². The molecule has 0 radical (unpaired) electrons. The minimum atomic E-state index is -0.843. The van der Waals surface area contributed by atoms with E-state index < -0.39 is 6.09 Å². The molecule has 0 unspecified atom stereocenters. The van der Waals surface area contributed by atoms with Gasteiger partial charge in [0.25, 0.3) is 0 Å². The Labute approximate surface area is 110 Å². The normalized spacial score (nSPS) is 10.0. The van der Waals surface area contributed by atoms with E-state index in [9.17, 15) is 4.79 Å². The van der Waals surface area contributed by atoms with Gasteiger partial charge in [0, 0.05) is 12.1 Å². The highest BCUT2D eigenvalue weighted by atomic mass is 16.4. The summed E-state index contributed by atoms with van der Waals surface area (Å²) in [6.45, 7) is 11.7. The molecule has 1 aromatic rings. The highest BCUT2D eigenvalue weighted by Gasteiger charge is 2.17. The molecule has 0 bridgehead atoms. The van der Waals surface area contributed by atoms with Gasteiger partial charge in [-0.05, 0) is 41.5 Å². The van der Waals surface area contributed by atoms with E-state index in [4.69, 9.17) is 5.11 Å². The molecule has 18 heavy (non-hydrogen) atoms. The Bertz CT molecular complexity index is 347. The van der Waals surface area contributed by atoms with E-state index in [1.807, 2.05) is 27.7 Å². The van der Waals surface area contributed by atoms with E-state index in [1.54, 1.807) is 0 Å². The van der Waals surface area contributed by atoms with Crippen LogP contribution in [0.4, 0.5) is 4.79 Å². The van der Waals surface area contributed by atoms with Crippen LogP contribution in [-0.4, -0.2) is 28.2 Å². The Morgan fingerprint density at radius 2 is 1.44 bits per heavy atom. The Morgan fingerprint density at radius 3 is 1.56 bits per heavy atom. The molecule has 0 fully saturated rings. The summed E-state index contributed by atoms with van der Waals surface area (Å²) in [5.41, 5.74) is 2.68. The number of benzene rings is 1. The summed E-state index contributed by atoms with van der Waals surface area (Å²) in [6, 6.07) is 8.58. The maximum absolute atomic E-state index is 10.5. The summed E-state index contributed by atoms with van der Waals surface area (Å²) >= 11 is 0. The molecule has 0 saturated carbocycles. The SMILES string of the molecule is CC(C)N(C(=O)O)C(C)C.Cc1cccc(C)c1. The first-order valence-corrected chi connectivity index (χ1v) is 6.30. The monoisotopic (exact) mass is 251 g/mol. The van der Waals surface area contributed by atoms with Crippen molar-refractivity contribution in [3.8, 4) is 0 Å². The van der Waals surface area contributed by atoms with Crippen molar-refractivity contribution in [2.24, 2.45) is 0 Å². The summed E-state index contributed by atoms with van der Waals surface area (Å²) in [4.78, 5) is 11.9. The number of hydrogen-bond donors (Lipinski definition) is 1. The molecule has 0 aliphatic rings. The molecular weight excluding hydrogens is 226 g/mol. The highest BCUT2D eigenvalue weighted by Crippen LogP contribution is 2.04. The first-order chi connectivity index (χ1) is 8.25. The van der Waals surface area contributed by atoms with Gasteiger partial charge >= 0.3 is 6.09 Å². The van der Waals surface area contributed by atoms with Crippen molar-refractivity contribution in [3.63, 3.8) is 0 Å². The number of nitrogens with zero attached hydrogens (tertiary/aromatic N) is 1. The number of rotatable bonds is 2. The molecule has 0 saturated heterocycles. The minimum absolute atomic E-state index is 0.0671. The number of hydrogen-bond acceptors (Lipinski definition) is 1. The third kappa shape index (κ3) is 6.28. The fourth-order valence-electron chi connectivity index (χ4n) is 1.85. The third-order valence-corrected chi connectivity index (χ3v) is 2.51. The van der Waals surface area contributed by atoms with E-state index in [0.717, 1.165) is 0 Å². The Balaban J connectivity index is 0.000000327. The van der Waals surface area contributed by atoms with Crippen LogP contribution >= 0.6 is 0 Å². The van der Waals surface area contributed by atoms with Gasteiger partial charge in [0.2, 0.25) is 0 Å². The van der Waals surface area contributed by atoms with Crippen LogP contribution in [0.1, 0.15) is 38.8 Å². The standard InChI is InChI=1S/C8H10.C7H15NO2/c1-7-4-3-5-8(2)6-7;1-5(2)8(6(3)4)7(9)10/h3-6H,1-2H3;5-6H,1-4H3,(H,9,10). The zero-order valence-corrected chi connectivity index (χ0v) is 12.3. The summed E-state index contributed by atoms with van der Waals surface area (Å²) < 4.78 is 0. The van der Waals surface area contributed by atoms with Gasteiger partial charge in [0.1, 0.15) is 0 Å². The average Bonchev–Trinajstić information content (AvgIpc) is 2.15. The van der Waals surface area contributed by atoms with E-state index in [1.165, 1.54) is 16.0 Å². The fraction of sp³-hybridized carbons (Fsp3) is 0.533. The lowest BCUT2D eigenvalue weighted by Crippen LogP contribution is -2.40. The van der Waals surface area contributed by atoms with Crippen molar-refractivity contribution in [3.05, 3.63) is 35.4 Å². The number of aryl methyl sites for hydroxylation is 2. The van der Waals surface area contributed by atoms with E-state index in [0.29, 0.717) is 0 Å². The lowest BCUT2D eigenvalue weighted by Gasteiger charge is -2.27. The molecule has 0 aliphatic carbocycles. The number of carboxylic acid groups (broad SMARTS) is 1. The van der Waals surface area contributed by atoms with Crippen LogP contribution < -0.4 is 0 Å². The summed E-state index contributed by atoms with van der Waals surface area (Å²) in [6.07, 6.45) is -0.843. The van der Waals surface area contributed by atoms with Crippen LogP contribution in [0.2, 0.25) is 0 Å². The Kier molecular flexibility index (Phi) is 7.10. The molecule has 3 nitrogen and oxygen atoms in total. The van der Waals surface area contributed by atoms with Gasteiger partial charge in [0.05, 0.1) is 0 Å². The lowest BCUT2D eigenvalue weighted by molar-refractivity contribution is 0.116. The number of carbonyl (C=O) groups is 1. The summed E-state index contributed by atoms with van der Waals surface area (Å²) in [5, 5.41) is 8.64. The molecular formula is C15H25NO2. The molecule has 102 valence electrons. The van der Waals surface area contributed by atoms with Crippen LogP contribution in [0.5, 0.6) is 0 Å². The molecule has 3 heteroatoms. The molecule has 0 atom stereocenters. The van der Waals surface area contributed by atoms with Crippen molar-refractivity contribution < 1.29 is 9.90 Å². The van der Waals surface area contributed by atoms with Gasteiger partial charge in [-0.3, -0.25) is 0 Å². The van der Waals surface area contributed by atoms with Gasteiger partial charge in [-0.15, -0.1) is 0 Å². The average molecular weight is 251 g/mol. The second-order valence-electron chi connectivity index (χ2n) is 5.04. The first-order valence-electron chi connectivity index (χ1n) is 6.30. The molecule has 1 rings (SSSR count). The molecule has 0 aliphatic heterocycles. The maximum Gasteiger partial charge on any atom is 0.407 e. The Hall–Kier alpha value is -1.51. The van der Waals surface area contributed by atoms with E-state index in [2.05, 4.69) is 38.1 Å². The quantitative estimate of drug-likeness (QED) is 0.860. The van der Waals surface area contributed by atoms with Gasteiger partial charge in [-0.1, -0.05) is 35.4 Å². The highest BCUT2D eigenvalue weighted by molar-refractivity contribution is 5.65. The van der Waals surface area contributed by atoms with Crippen LogP contribution in [0, 0.1) is 13.8 Å². The molecule has 0 spiro atoms. The molecule has 1 aromatic carbocycles. The van der Waals surface area contributed by atoms with Crippen LogP contribution in [0.3, 0.4) is 0 Å². The summed E-state index contributed by atoms with van der Waals surface area (Å²) in [7, 11) is 0. The van der Waals surface area contributed by atoms with Crippen LogP contribution in [0.15, 0.2) is 24.3 Å². The topological polar surface area (TPSA) is 40.5 Å². The van der Waals surface area contributed by atoms with Gasteiger partial charge in [0.15, 0.2) is 0 Å². The Morgan fingerprint density at radius 1 is 1.06 bits per heavy atom. The van der Waals surface area contributed by atoms with Crippen LogP contribution in [0.25, 0.3) is 0 Å². The minimum Gasteiger partial charge on any atom is -0.465 e. The summed E-state index contributed by atoms with van der Waals surface area (Å²) in [5.74, 6) is 0. The zero-order chi connectivity index (χ0) is 14.3. The second-order valence-corrected chi connectivity index (χ2v) is 5.04. The molecule has 1 amide bonds. The maximum atomic E-state index is 10.5. The molecule has 0 aromatic heterocycles. The molecule has 0 heterocycles. The zero-order valence-electron chi connectivity index (χ0n) is 12.3. The lowest BCUT2D eigenvalue weighted by atomic mass is 10.2. The first kappa shape index (κ1) is 16.5. The predicted molar refractivity (Wildman–Crippen MR) is 76.1 cm³/mol. The van der Waals surface area contributed by atoms with Gasteiger partial charge < -0.3 is 10.0 Å². The number of amides is 1. The van der Waals surface area contributed by atoms with Gasteiger partial charge in [-0.2, -0.15) is 0 Å².